The molecule has 0 radical (unpaired) electrons. The van der Waals surface area contributed by atoms with Gasteiger partial charge in [0, 0.05) is 31.9 Å². The van der Waals surface area contributed by atoms with E-state index in [4.69, 9.17) is 4.74 Å². The summed E-state index contributed by atoms with van der Waals surface area (Å²) in [5.41, 5.74) is 0.221. The summed E-state index contributed by atoms with van der Waals surface area (Å²) in [5, 5.41) is 3.26. The van der Waals surface area contributed by atoms with E-state index in [1.54, 1.807) is 32.9 Å². The molecule has 0 atom stereocenters. The molecule has 20 heavy (non-hydrogen) atoms. The van der Waals surface area contributed by atoms with Crippen molar-refractivity contribution in [3.63, 3.8) is 0 Å². The highest BCUT2D eigenvalue weighted by Gasteiger charge is 2.22. The van der Waals surface area contributed by atoms with Crippen LogP contribution in [0.15, 0.2) is 18.2 Å². The van der Waals surface area contributed by atoms with E-state index in [-0.39, 0.29) is 5.56 Å². The molecule has 1 N–H and O–H groups in total. The first kappa shape index (κ1) is 14.8. The van der Waals surface area contributed by atoms with E-state index in [9.17, 15) is 9.18 Å². The Kier molecular flexibility index (Phi) is 4.28. The van der Waals surface area contributed by atoms with Crippen LogP contribution in [0.3, 0.4) is 0 Å². The largest absolute Gasteiger partial charge is 0.456 e. The number of nitrogens with one attached hydrogen (secondary N) is 1. The van der Waals surface area contributed by atoms with Gasteiger partial charge in [-0.2, -0.15) is 0 Å². The molecule has 110 valence electrons. The molecule has 0 unspecified atom stereocenters. The number of piperazine rings is 1. The number of carbonyl (C=O) groups is 1. The second-order valence-corrected chi connectivity index (χ2v) is 5.90. The maximum atomic E-state index is 13.8. The normalized spacial score (nSPS) is 16.1. The number of esters is 1. The zero-order chi connectivity index (χ0) is 14.8. The van der Waals surface area contributed by atoms with Crippen LogP contribution in [-0.4, -0.2) is 37.7 Å². The fourth-order valence-corrected chi connectivity index (χ4v) is 2.12. The number of hydrogen-bond donors (Lipinski definition) is 1. The lowest BCUT2D eigenvalue weighted by Crippen LogP contribution is -2.43. The smallest absolute Gasteiger partial charge is 0.341 e. The van der Waals surface area contributed by atoms with Crippen molar-refractivity contribution in [2.75, 3.05) is 31.1 Å². The minimum absolute atomic E-state index is 0.00374. The topological polar surface area (TPSA) is 41.6 Å². The van der Waals surface area contributed by atoms with Crippen molar-refractivity contribution >= 4 is 11.7 Å². The van der Waals surface area contributed by atoms with Crippen molar-refractivity contribution in [1.82, 2.24) is 5.32 Å². The molecule has 1 fully saturated rings. The highest BCUT2D eigenvalue weighted by Crippen LogP contribution is 2.21. The van der Waals surface area contributed by atoms with Crippen LogP contribution in [0.5, 0.6) is 0 Å². The number of nitrogens with zero attached hydrogens (tertiary/aromatic N) is 1. The average molecular weight is 280 g/mol. The van der Waals surface area contributed by atoms with Crippen LogP contribution in [0.2, 0.25) is 0 Å². The molecule has 4 nitrogen and oxygen atoms in total. The molecule has 1 aliphatic rings. The van der Waals surface area contributed by atoms with E-state index in [1.807, 2.05) is 0 Å². The van der Waals surface area contributed by atoms with Crippen molar-refractivity contribution in [3.8, 4) is 0 Å². The van der Waals surface area contributed by atoms with Gasteiger partial charge < -0.3 is 15.0 Å². The standard InChI is InChI=1S/C15H21FN2O2/c1-15(2,3)20-14(19)12-10-11(4-5-13(12)16)18-8-6-17-7-9-18/h4-5,10,17H,6-9H2,1-3H3. The molecule has 0 spiro atoms. The van der Waals surface area contributed by atoms with Gasteiger partial charge in [0.1, 0.15) is 11.4 Å². The van der Waals surface area contributed by atoms with Gasteiger partial charge in [-0.25, -0.2) is 9.18 Å². The summed E-state index contributed by atoms with van der Waals surface area (Å²) in [6.45, 7) is 8.77. The number of carbonyl (C=O) groups excluding carboxylic acids is 1. The number of rotatable bonds is 2. The third-order valence-electron chi connectivity index (χ3n) is 3.05. The number of ether oxygens (including phenoxy) is 1. The monoisotopic (exact) mass is 280 g/mol. The number of hydrogen-bond acceptors (Lipinski definition) is 4. The van der Waals surface area contributed by atoms with E-state index < -0.39 is 17.4 Å². The summed E-state index contributed by atoms with van der Waals surface area (Å²) in [6, 6.07) is 4.61. The Morgan fingerprint density at radius 3 is 2.55 bits per heavy atom. The fraction of sp³-hybridized carbons (Fsp3) is 0.533. The van der Waals surface area contributed by atoms with Crippen LogP contribution in [-0.2, 0) is 4.74 Å². The summed E-state index contributed by atoms with van der Waals surface area (Å²) in [5.74, 6) is -1.16. The maximum absolute atomic E-state index is 13.8. The van der Waals surface area contributed by atoms with E-state index in [2.05, 4.69) is 10.2 Å². The van der Waals surface area contributed by atoms with Crippen LogP contribution < -0.4 is 10.2 Å². The van der Waals surface area contributed by atoms with Gasteiger partial charge in [-0.3, -0.25) is 0 Å². The maximum Gasteiger partial charge on any atom is 0.341 e. The molecular weight excluding hydrogens is 259 g/mol. The Balaban J connectivity index is 2.22. The fourth-order valence-electron chi connectivity index (χ4n) is 2.12. The van der Waals surface area contributed by atoms with E-state index in [1.165, 1.54) is 6.07 Å². The first-order chi connectivity index (χ1) is 9.37. The highest BCUT2D eigenvalue weighted by atomic mass is 19.1. The number of benzene rings is 1. The molecule has 0 aromatic heterocycles. The number of halogens is 1. The summed E-state index contributed by atoms with van der Waals surface area (Å²) < 4.78 is 19.1. The first-order valence-electron chi connectivity index (χ1n) is 6.85. The molecule has 0 aliphatic carbocycles. The van der Waals surface area contributed by atoms with Gasteiger partial charge in [0.05, 0.1) is 5.56 Å². The summed E-state index contributed by atoms with van der Waals surface area (Å²) in [7, 11) is 0. The third-order valence-corrected chi connectivity index (χ3v) is 3.05. The molecular formula is C15H21FN2O2. The second-order valence-electron chi connectivity index (χ2n) is 5.90. The summed E-state index contributed by atoms with van der Waals surface area (Å²) >= 11 is 0. The Morgan fingerprint density at radius 2 is 1.95 bits per heavy atom. The molecule has 0 saturated carbocycles. The van der Waals surface area contributed by atoms with Crippen LogP contribution in [0.1, 0.15) is 31.1 Å². The van der Waals surface area contributed by atoms with Gasteiger partial charge in [-0.1, -0.05) is 0 Å². The molecule has 0 amide bonds. The lowest BCUT2D eigenvalue weighted by atomic mass is 10.1. The first-order valence-corrected chi connectivity index (χ1v) is 6.85. The summed E-state index contributed by atoms with van der Waals surface area (Å²) in [4.78, 5) is 14.2. The van der Waals surface area contributed by atoms with Gasteiger partial charge in [0.25, 0.3) is 0 Å². The van der Waals surface area contributed by atoms with Crippen molar-refractivity contribution in [1.29, 1.82) is 0 Å². The van der Waals surface area contributed by atoms with Crippen LogP contribution in [0.25, 0.3) is 0 Å². The van der Waals surface area contributed by atoms with E-state index in [0.29, 0.717) is 0 Å². The zero-order valence-corrected chi connectivity index (χ0v) is 12.2. The van der Waals surface area contributed by atoms with E-state index >= 15 is 0 Å². The van der Waals surface area contributed by atoms with Crippen molar-refractivity contribution in [2.24, 2.45) is 0 Å². The molecule has 1 aromatic rings. The lowest BCUT2D eigenvalue weighted by molar-refractivity contribution is 0.00648. The van der Waals surface area contributed by atoms with Gasteiger partial charge >= 0.3 is 5.97 Å². The Bertz CT molecular complexity index is 491. The lowest BCUT2D eigenvalue weighted by Gasteiger charge is -2.29. The van der Waals surface area contributed by atoms with Crippen molar-refractivity contribution in [2.45, 2.75) is 26.4 Å². The van der Waals surface area contributed by atoms with Gasteiger partial charge in [0.15, 0.2) is 0 Å². The molecule has 2 rings (SSSR count). The van der Waals surface area contributed by atoms with Crippen LogP contribution in [0, 0.1) is 5.82 Å². The van der Waals surface area contributed by atoms with Gasteiger partial charge in [0.2, 0.25) is 0 Å². The molecule has 1 aromatic carbocycles. The zero-order valence-electron chi connectivity index (χ0n) is 12.2. The predicted molar refractivity (Wildman–Crippen MR) is 76.7 cm³/mol. The molecule has 5 heteroatoms. The van der Waals surface area contributed by atoms with Gasteiger partial charge in [-0.05, 0) is 39.0 Å². The highest BCUT2D eigenvalue weighted by molar-refractivity contribution is 5.91. The SMILES string of the molecule is CC(C)(C)OC(=O)c1cc(N2CCNCC2)ccc1F. The number of anilines is 1. The van der Waals surface area contributed by atoms with Crippen LogP contribution >= 0.6 is 0 Å². The summed E-state index contributed by atoms with van der Waals surface area (Å²) in [6.07, 6.45) is 0. The predicted octanol–water partition coefficient (Wildman–Crippen LogP) is 2.19. The molecule has 1 saturated heterocycles. The minimum atomic E-state index is -0.630. The quantitative estimate of drug-likeness (QED) is 0.843. The Labute approximate surface area is 118 Å². The average Bonchev–Trinajstić information content (AvgIpc) is 2.38. The minimum Gasteiger partial charge on any atom is -0.456 e. The van der Waals surface area contributed by atoms with Crippen molar-refractivity contribution < 1.29 is 13.9 Å². The van der Waals surface area contributed by atoms with Gasteiger partial charge in [-0.15, -0.1) is 0 Å². The Hall–Kier alpha value is -1.62. The van der Waals surface area contributed by atoms with Crippen LogP contribution in [0.4, 0.5) is 10.1 Å². The second kappa shape index (κ2) is 5.79. The Morgan fingerprint density at radius 1 is 1.30 bits per heavy atom. The van der Waals surface area contributed by atoms with E-state index in [0.717, 1.165) is 31.9 Å². The molecule has 1 aliphatic heterocycles. The third kappa shape index (κ3) is 3.70. The molecule has 0 bridgehead atoms. The molecule has 1 heterocycles. The van der Waals surface area contributed by atoms with Crippen molar-refractivity contribution in [3.05, 3.63) is 29.6 Å².